The van der Waals surface area contributed by atoms with Crippen LogP contribution in [0.3, 0.4) is 0 Å². The smallest absolute Gasteiger partial charge is 0.303 e. The largest absolute Gasteiger partial charge is 0.481 e. The van der Waals surface area contributed by atoms with Gasteiger partial charge in [0, 0.05) is 13.0 Å². The molecular formula is C23H45NO2. The van der Waals surface area contributed by atoms with Crippen molar-refractivity contribution in [2.24, 2.45) is 0 Å². The van der Waals surface area contributed by atoms with Gasteiger partial charge in [0.15, 0.2) is 0 Å². The lowest BCUT2D eigenvalue weighted by Crippen LogP contribution is -2.07. The van der Waals surface area contributed by atoms with Crippen LogP contribution in [0, 0.1) is 0 Å². The molecule has 0 unspecified atom stereocenters. The van der Waals surface area contributed by atoms with Crippen LogP contribution in [-0.2, 0) is 4.79 Å². The zero-order valence-electron chi connectivity index (χ0n) is 17.4. The van der Waals surface area contributed by atoms with Gasteiger partial charge in [-0.15, -0.1) is 0 Å². The topological polar surface area (TPSA) is 49.3 Å². The van der Waals surface area contributed by atoms with Crippen LogP contribution in [0.4, 0.5) is 0 Å². The summed E-state index contributed by atoms with van der Waals surface area (Å²) in [7, 11) is 0. The molecule has 3 nitrogen and oxygen atoms in total. The number of aliphatic carboxylic acids is 1. The van der Waals surface area contributed by atoms with Gasteiger partial charge in [-0.1, -0.05) is 96.5 Å². The molecule has 0 bridgehead atoms. The minimum Gasteiger partial charge on any atom is -0.481 e. The van der Waals surface area contributed by atoms with Gasteiger partial charge in [0.1, 0.15) is 0 Å². The van der Waals surface area contributed by atoms with Gasteiger partial charge in [-0.05, 0) is 31.9 Å². The quantitative estimate of drug-likeness (QED) is 0.211. The Morgan fingerprint density at radius 1 is 0.731 bits per heavy atom. The summed E-state index contributed by atoms with van der Waals surface area (Å²) in [6.45, 7) is 3.16. The average molecular weight is 368 g/mol. The maximum absolute atomic E-state index is 10.4. The van der Waals surface area contributed by atoms with Crippen molar-refractivity contribution >= 4 is 5.97 Å². The van der Waals surface area contributed by atoms with E-state index in [9.17, 15) is 4.79 Å². The molecule has 0 heterocycles. The van der Waals surface area contributed by atoms with Crippen LogP contribution in [0.15, 0.2) is 12.3 Å². The molecule has 0 atom stereocenters. The van der Waals surface area contributed by atoms with Crippen molar-refractivity contribution in [1.29, 1.82) is 0 Å². The molecule has 0 aliphatic carbocycles. The van der Waals surface area contributed by atoms with Crippen molar-refractivity contribution in [3.05, 3.63) is 12.3 Å². The second-order valence-corrected chi connectivity index (χ2v) is 7.59. The van der Waals surface area contributed by atoms with Gasteiger partial charge >= 0.3 is 5.97 Å². The van der Waals surface area contributed by atoms with Crippen molar-refractivity contribution in [2.75, 3.05) is 6.54 Å². The maximum Gasteiger partial charge on any atom is 0.303 e. The number of unbranched alkanes of at least 4 members (excludes halogenated alkanes) is 15. The van der Waals surface area contributed by atoms with E-state index >= 15 is 0 Å². The first-order valence-electron chi connectivity index (χ1n) is 11.4. The Kier molecular flexibility index (Phi) is 21.2. The Labute approximate surface area is 163 Å². The lowest BCUT2D eigenvalue weighted by atomic mass is 10.0. The van der Waals surface area contributed by atoms with Crippen molar-refractivity contribution in [2.45, 2.75) is 122 Å². The van der Waals surface area contributed by atoms with Gasteiger partial charge in [-0.3, -0.25) is 4.79 Å². The third-order valence-corrected chi connectivity index (χ3v) is 4.92. The van der Waals surface area contributed by atoms with E-state index in [4.69, 9.17) is 5.11 Å². The lowest BCUT2D eigenvalue weighted by Gasteiger charge is -2.03. The molecule has 0 fully saturated rings. The lowest BCUT2D eigenvalue weighted by molar-refractivity contribution is -0.137. The summed E-state index contributed by atoms with van der Waals surface area (Å²) in [5.41, 5.74) is 0. The molecule has 0 aromatic carbocycles. The first-order valence-corrected chi connectivity index (χ1v) is 11.4. The number of rotatable bonds is 21. The van der Waals surface area contributed by atoms with Gasteiger partial charge in [-0.25, -0.2) is 0 Å². The fourth-order valence-electron chi connectivity index (χ4n) is 3.21. The second-order valence-electron chi connectivity index (χ2n) is 7.59. The van der Waals surface area contributed by atoms with Crippen molar-refractivity contribution < 1.29 is 9.90 Å². The van der Waals surface area contributed by atoms with Crippen LogP contribution in [-0.4, -0.2) is 17.6 Å². The Hall–Kier alpha value is -0.990. The first kappa shape index (κ1) is 25.0. The van der Waals surface area contributed by atoms with Gasteiger partial charge < -0.3 is 10.4 Å². The van der Waals surface area contributed by atoms with Gasteiger partial charge in [0.2, 0.25) is 0 Å². The number of carbonyl (C=O) groups is 1. The van der Waals surface area contributed by atoms with Crippen LogP contribution < -0.4 is 5.32 Å². The summed E-state index contributed by atoms with van der Waals surface area (Å²) in [4.78, 5) is 10.4. The third kappa shape index (κ3) is 23.0. The van der Waals surface area contributed by atoms with Gasteiger partial charge in [0.05, 0.1) is 0 Å². The summed E-state index contributed by atoms with van der Waals surface area (Å²) in [6, 6.07) is 0. The minimum atomic E-state index is -0.696. The molecule has 0 aromatic heterocycles. The summed E-state index contributed by atoms with van der Waals surface area (Å²) >= 11 is 0. The Bertz CT molecular complexity index is 315. The molecule has 154 valence electrons. The standard InChI is InChI=1S/C23H45NO2/c1-2-3-4-5-6-7-8-9-10-11-12-13-14-15-16-18-21-24-22-19-17-20-23(25)26/h18,21,24H,2-17,19-20,22H2,1H3,(H,25,26). The minimum absolute atomic E-state index is 0.282. The van der Waals surface area contributed by atoms with Crippen molar-refractivity contribution in [3.63, 3.8) is 0 Å². The summed E-state index contributed by atoms with van der Waals surface area (Å²) in [6.07, 6.45) is 27.1. The fourth-order valence-corrected chi connectivity index (χ4v) is 3.21. The molecule has 26 heavy (non-hydrogen) atoms. The predicted molar refractivity (Wildman–Crippen MR) is 114 cm³/mol. The van der Waals surface area contributed by atoms with Crippen LogP contribution in [0.2, 0.25) is 0 Å². The van der Waals surface area contributed by atoms with E-state index in [1.54, 1.807) is 0 Å². The van der Waals surface area contributed by atoms with E-state index in [-0.39, 0.29) is 6.42 Å². The molecular weight excluding hydrogens is 322 g/mol. The molecule has 0 aromatic rings. The number of hydrogen-bond donors (Lipinski definition) is 2. The van der Waals surface area contributed by atoms with Crippen LogP contribution >= 0.6 is 0 Å². The zero-order valence-corrected chi connectivity index (χ0v) is 17.4. The van der Waals surface area contributed by atoms with Crippen LogP contribution in [0.5, 0.6) is 0 Å². The molecule has 3 heteroatoms. The highest BCUT2D eigenvalue weighted by molar-refractivity contribution is 5.66. The highest BCUT2D eigenvalue weighted by atomic mass is 16.4. The molecule has 0 spiro atoms. The third-order valence-electron chi connectivity index (χ3n) is 4.92. The molecule has 2 N–H and O–H groups in total. The summed E-state index contributed by atoms with van der Waals surface area (Å²) < 4.78 is 0. The predicted octanol–water partition coefficient (Wildman–Crippen LogP) is 7.22. The highest BCUT2D eigenvalue weighted by Crippen LogP contribution is 2.13. The monoisotopic (exact) mass is 367 g/mol. The Balaban J connectivity index is 3.06. The van der Waals surface area contributed by atoms with Crippen molar-refractivity contribution in [1.82, 2.24) is 5.32 Å². The molecule has 0 rings (SSSR count). The van der Waals surface area contributed by atoms with Crippen molar-refractivity contribution in [3.8, 4) is 0 Å². The molecule has 0 radical (unpaired) electrons. The Morgan fingerprint density at radius 3 is 1.73 bits per heavy atom. The number of nitrogens with one attached hydrogen (secondary N) is 1. The maximum atomic E-state index is 10.4. The van der Waals surface area contributed by atoms with E-state index in [2.05, 4.69) is 18.3 Å². The summed E-state index contributed by atoms with van der Waals surface area (Å²) in [5.74, 6) is -0.696. The zero-order chi connectivity index (χ0) is 19.1. The second kappa shape index (κ2) is 22.1. The Morgan fingerprint density at radius 2 is 1.23 bits per heavy atom. The number of carboxylic acid groups (broad SMARTS) is 1. The normalized spacial score (nSPS) is 11.3. The molecule has 0 aliphatic rings. The molecule has 0 aliphatic heterocycles. The molecule has 0 saturated heterocycles. The van der Waals surface area contributed by atoms with Crippen LogP contribution in [0.25, 0.3) is 0 Å². The van der Waals surface area contributed by atoms with E-state index in [1.165, 1.54) is 89.9 Å². The van der Waals surface area contributed by atoms with Crippen LogP contribution in [0.1, 0.15) is 122 Å². The average Bonchev–Trinajstić information content (AvgIpc) is 2.62. The van der Waals surface area contributed by atoms with E-state index in [0.29, 0.717) is 0 Å². The summed E-state index contributed by atoms with van der Waals surface area (Å²) in [5, 5.41) is 11.8. The molecule has 0 saturated carbocycles. The van der Waals surface area contributed by atoms with E-state index in [1.807, 2.05) is 6.20 Å². The van der Waals surface area contributed by atoms with Gasteiger partial charge in [-0.2, -0.15) is 0 Å². The van der Waals surface area contributed by atoms with E-state index < -0.39 is 5.97 Å². The van der Waals surface area contributed by atoms with E-state index in [0.717, 1.165) is 25.8 Å². The van der Waals surface area contributed by atoms with Gasteiger partial charge in [0.25, 0.3) is 0 Å². The number of allylic oxidation sites excluding steroid dienone is 1. The fraction of sp³-hybridized carbons (Fsp3) is 0.870. The highest BCUT2D eigenvalue weighted by Gasteiger charge is 1.95. The first-order chi connectivity index (χ1) is 12.8. The SMILES string of the molecule is CCCCCCCCCCCCCCCCC=CNCCCCC(=O)O. The number of carboxylic acids is 1. The number of hydrogen-bond acceptors (Lipinski definition) is 2. The molecule has 0 amide bonds.